The molecular weight excluding hydrogens is 476 g/mol. The smallest absolute Gasteiger partial charge is 0.241 e. The molecule has 0 aromatic heterocycles. The molecular formula is C19H31FIN5O2. The van der Waals surface area contributed by atoms with Crippen LogP contribution in [-0.2, 0) is 16.1 Å². The average molecular weight is 507 g/mol. The number of nitrogens with one attached hydrogen (secondary N) is 2. The molecule has 1 aliphatic heterocycles. The summed E-state index contributed by atoms with van der Waals surface area (Å²) in [5.74, 6) is 0.263. The first-order chi connectivity index (χ1) is 13.0. The van der Waals surface area contributed by atoms with Crippen molar-refractivity contribution < 1.29 is 13.9 Å². The summed E-state index contributed by atoms with van der Waals surface area (Å²) in [6.07, 6.45) is 0. The van der Waals surface area contributed by atoms with Crippen molar-refractivity contribution in [2.45, 2.75) is 13.5 Å². The Bertz CT molecular complexity index is 651. The number of hydrogen-bond donors (Lipinski definition) is 2. The second-order valence-electron chi connectivity index (χ2n) is 6.77. The van der Waals surface area contributed by atoms with E-state index < -0.39 is 0 Å². The van der Waals surface area contributed by atoms with Crippen LogP contribution in [-0.4, -0.2) is 81.7 Å². The lowest BCUT2D eigenvalue weighted by Gasteiger charge is -2.26. The summed E-state index contributed by atoms with van der Waals surface area (Å²) in [5, 5.41) is 6.30. The van der Waals surface area contributed by atoms with Crippen LogP contribution >= 0.6 is 24.0 Å². The second-order valence-corrected chi connectivity index (χ2v) is 6.77. The van der Waals surface area contributed by atoms with Gasteiger partial charge in [0.05, 0.1) is 26.3 Å². The fourth-order valence-corrected chi connectivity index (χ4v) is 2.55. The zero-order chi connectivity index (χ0) is 19.6. The van der Waals surface area contributed by atoms with Crippen LogP contribution in [0.4, 0.5) is 4.39 Å². The van der Waals surface area contributed by atoms with Crippen molar-refractivity contribution in [2.75, 3.05) is 60.0 Å². The van der Waals surface area contributed by atoms with E-state index in [-0.39, 0.29) is 42.2 Å². The number of aliphatic imine (C=N–C) groups is 1. The minimum atomic E-state index is -0.236. The number of nitrogens with zero attached hydrogens (tertiary/aromatic N) is 3. The number of benzene rings is 1. The largest absolute Gasteiger partial charge is 0.379 e. The van der Waals surface area contributed by atoms with Gasteiger partial charge in [-0.15, -0.1) is 24.0 Å². The van der Waals surface area contributed by atoms with Crippen molar-refractivity contribution >= 4 is 35.8 Å². The number of hydrogen-bond acceptors (Lipinski definition) is 4. The molecule has 1 aliphatic rings. The summed E-state index contributed by atoms with van der Waals surface area (Å²) in [6.45, 7) is 7.14. The summed E-state index contributed by atoms with van der Waals surface area (Å²) in [4.78, 5) is 20.2. The summed E-state index contributed by atoms with van der Waals surface area (Å²) in [7, 11) is 3.42. The van der Waals surface area contributed by atoms with Gasteiger partial charge in [-0.2, -0.15) is 0 Å². The van der Waals surface area contributed by atoms with E-state index in [4.69, 9.17) is 4.74 Å². The standard InChI is InChI=1S/C19H30FN5O2.HI/c1-15-4-5-16(12-17(15)20)13-22-19(23-14-18(26)24(2)3)21-6-7-25-8-10-27-11-9-25;/h4-5,12H,6-11,13-14H2,1-3H3,(H2,21,22,23);1H. The van der Waals surface area contributed by atoms with Gasteiger partial charge in [-0.1, -0.05) is 12.1 Å². The number of ether oxygens (including phenoxy) is 1. The van der Waals surface area contributed by atoms with Crippen LogP contribution in [0, 0.1) is 12.7 Å². The first kappa shape index (κ1) is 24.6. The normalized spacial score (nSPS) is 14.9. The zero-order valence-corrected chi connectivity index (χ0v) is 19.2. The van der Waals surface area contributed by atoms with Gasteiger partial charge in [0.2, 0.25) is 5.91 Å². The number of aryl methyl sites for hydroxylation is 1. The molecule has 28 heavy (non-hydrogen) atoms. The van der Waals surface area contributed by atoms with E-state index in [1.54, 1.807) is 27.1 Å². The molecule has 9 heteroatoms. The van der Waals surface area contributed by atoms with Crippen molar-refractivity contribution in [2.24, 2.45) is 4.99 Å². The molecule has 0 unspecified atom stereocenters. The highest BCUT2D eigenvalue weighted by Crippen LogP contribution is 2.09. The minimum Gasteiger partial charge on any atom is -0.379 e. The fourth-order valence-electron chi connectivity index (χ4n) is 2.55. The van der Waals surface area contributed by atoms with Gasteiger partial charge < -0.3 is 20.3 Å². The second kappa shape index (κ2) is 12.9. The van der Waals surface area contributed by atoms with Gasteiger partial charge in [-0.3, -0.25) is 9.69 Å². The van der Waals surface area contributed by atoms with E-state index >= 15 is 0 Å². The average Bonchev–Trinajstić information content (AvgIpc) is 2.66. The van der Waals surface area contributed by atoms with Gasteiger partial charge >= 0.3 is 0 Å². The Balaban J connectivity index is 0.00000392. The lowest BCUT2D eigenvalue weighted by Crippen LogP contribution is -2.46. The molecule has 0 bridgehead atoms. The monoisotopic (exact) mass is 507 g/mol. The number of carbonyl (C=O) groups excluding carboxylic acids is 1. The molecule has 2 rings (SSSR count). The molecule has 0 spiro atoms. The Morgan fingerprint density at radius 3 is 2.64 bits per heavy atom. The quantitative estimate of drug-likeness (QED) is 0.330. The number of amides is 1. The summed E-state index contributed by atoms with van der Waals surface area (Å²) in [6, 6.07) is 5.10. The van der Waals surface area contributed by atoms with Gasteiger partial charge in [0, 0.05) is 40.3 Å². The Morgan fingerprint density at radius 2 is 2.00 bits per heavy atom. The zero-order valence-electron chi connectivity index (χ0n) is 16.8. The lowest BCUT2D eigenvalue weighted by molar-refractivity contribution is -0.127. The van der Waals surface area contributed by atoms with Crippen molar-refractivity contribution in [1.29, 1.82) is 0 Å². The Labute approximate surface area is 183 Å². The van der Waals surface area contributed by atoms with Crippen molar-refractivity contribution in [3.05, 3.63) is 35.1 Å². The lowest BCUT2D eigenvalue weighted by atomic mass is 10.1. The van der Waals surface area contributed by atoms with Gasteiger partial charge in [-0.25, -0.2) is 9.38 Å². The maximum absolute atomic E-state index is 13.7. The first-order valence-corrected chi connectivity index (χ1v) is 9.23. The molecule has 2 N–H and O–H groups in total. The topological polar surface area (TPSA) is 69.2 Å². The minimum absolute atomic E-state index is 0. The van der Waals surface area contributed by atoms with Gasteiger partial charge in [-0.05, 0) is 24.1 Å². The third kappa shape index (κ3) is 8.70. The summed E-state index contributed by atoms with van der Waals surface area (Å²) in [5.41, 5.74) is 1.40. The number of rotatable bonds is 7. The number of halogens is 2. The predicted molar refractivity (Wildman–Crippen MR) is 120 cm³/mol. The maximum Gasteiger partial charge on any atom is 0.241 e. The first-order valence-electron chi connectivity index (χ1n) is 9.23. The molecule has 1 aromatic rings. The van der Waals surface area contributed by atoms with E-state index in [9.17, 15) is 9.18 Å². The predicted octanol–water partition coefficient (Wildman–Crippen LogP) is 1.21. The Kier molecular flexibility index (Phi) is 11.3. The highest BCUT2D eigenvalue weighted by Gasteiger charge is 2.10. The number of likely N-dealkylation sites (N-methyl/N-ethyl adjacent to an activating group) is 1. The molecule has 0 aliphatic carbocycles. The third-order valence-electron chi connectivity index (χ3n) is 4.39. The fraction of sp³-hybridized carbons (Fsp3) is 0.579. The molecule has 1 heterocycles. The van der Waals surface area contributed by atoms with Gasteiger partial charge in [0.1, 0.15) is 5.82 Å². The Hall–Kier alpha value is -1.46. The van der Waals surface area contributed by atoms with Crippen LogP contribution in [0.25, 0.3) is 0 Å². The van der Waals surface area contributed by atoms with E-state index in [2.05, 4.69) is 20.5 Å². The highest BCUT2D eigenvalue weighted by molar-refractivity contribution is 14.0. The molecule has 0 atom stereocenters. The highest BCUT2D eigenvalue weighted by atomic mass is 127. The van der Waals surface area contributed by atoms with Crippen LogP contribution in [0.3, 0.4) is 0 Å². The number of morpholine rings is 1. The third-order valence-corrected chi connectivity index (χ3v) is 4.39. The van der Waals surface area contributed by atoms with E-state index in [1.807, 2.05) is 6.07 Å². The molecule has 1 fully saturated rings. The van der Waals surface area contributed by atoms with Crippen LogP contribution in [0.5, 0.6) is 0 Å². The molecule has 158 valence electrons. The van der Waals surface area contributed by atoms with E-state index in [0.29, 0.717) is 24.6 Å². The van der Waals surface area contributed by atoms with E-state index in [0.717, 1.165) is 38.4 Å². The van der Waals surface area contributed by atoms with Crippen molar-refractivity contribution in [1.82, 2.24) is 20.4 Å². The summed E-state index contributed by atoms with van der Waals surface area (Å²) >= 11 is 0. The van der Waals surface area contributed by atoms with Crippen molar-refractivity contribution in [3.8, 4) is 0 Å². The van der Waals surface area contributed by atoms with Crippen LogP contribution in [0.2, 0.25) is 0 Å². The molecule has 1 saturated heterocycles. The molecule has 0 saturated carbocycles. The van der Waals surface area contributed by atoms with Crippen LogP contribution in [0.1, 0.15) is 11.1 Å². The van der Waals surface area contributed by atoms with Crippen LogP contribution < -0.4 is 10.6 Å². The number of guanidine groups is 1. The van der Waals surface area contributed by atoms with Crippen LogP contribution in [0.15, 0.2) is 23.2 Å². The van der Waals surface area contributed by atoms with E-state index in [1.165, 1.54) is 11.0 Å². The molecule has 7 nitrogen and oxygen atoms in total. The SMILES string of the molecule is Cc1ccc(CN=C(NCCN2CCOCC2)NCC(=O)N(C)C)cc1F.I. The molecule has 1 aromatic carbocycles. The molecule has 1 amide bonds. The van der Waals surface area contributed by atoms with Crippen molar-refractivity contribution in [3.63, 3.8) is 0 Å². The van der Waals surface area contributed by atoms with Gasteiger partial charge in [0.25, 0.3) is 0 Å². The number of carbonyl (C=O) groups is 1. The molecule has 0 radical (unpaired) electrons. The summed E-state index contributed by atoms with van der Waals surface area (Å²) < 4.78 is 19.1. The Morgan fingerprint density at radius 1 is 1.29 bits per heavy atom. The van der Waals surface area contributed by atoms with Gasteiger partial charge in [0.15, 0.2) is 5.96 Å². The maximum atomic E-state index is 13.7.